The molecule has 0 bridgehead atoms. The van der Waals surface area contributed by atoms with E-state index in [1.165, 1.54) is 17.0 Å². The number of aliphatic imine (C=N–C) groups is 1. The van der Waals surface area contributed by atoms with E-state index in [-0.39, 0.29) is 54.5 Å². The summed E-state index contributed by atoms with van der Waals surface area (Å²) in [4.78, 5) is 30.5. The molecule has 35 heavy (non-hydrogen) atoms. The van der Waals surface area contributed by atoms with E-state index in [1.807, 2.05) is 41.5 Å². The molecule has 1 aliphatic heterocycles. The first-order chi connectivity index (χ1) is 16.6. The number of amides is 2. The molecule has 1 unspecified atom stereocenters. The SMILES string of the molecule is CC.CC.CC(C)C1CC(=O)N(Cc2cc(F)cc(C(=O)NCc3cc(F)cc(F)c3)c2)C(N)=N1. The molecule has 0 saturated heterocycles. The highest BCUT2D eigenvalue weighted by Gasteiger charge is 2.29. The fourth-order valence-electron chi connectivity index (χ4n) is 3.31. The average Bonchev–Trinajstić information content (AvgIpc) is 2.81. The van der Waals surface area contributed by atoms with Gasteiger partial charge in [-0.1, -0.05) is 41.5 Å². The highest BCUT2D eigenvalue weighted by molar-refractivity contribution is 5.98. The molecule has 3 rings (SSSR count). The number of guanidine groups is 1. The summed E-state index contributed by atoms with van der Waals surface area (Å²) in [6.07, 6.45) is 0.200. The number of carbonyl (C=O) groups excluding carboxylic acids is 2. The predicted octanol–water partition coefficient (Wildman–Crippen LogP) is 5.16. The molecule has 1 aliphatic rings. The van der Waals surface area contributed by atoms with Gasteiger partial charge in [-0.25, -0.2) is 18.2 Å². The molecule has 0 fully saturated rings. The molecule has 2 aromatic carbocycles. The van der Waals surface area contributed by atoms with Crippen molar-refractivity contribution in [1.29, 1.82) is 0 Å². The van der Waals surface area contributed by atoms with Crippen molar-refractivity contribution in [2.45, 2.75) is 67.1 Å². The molecule has 6 nitrogen and oxygen atoms in total. The van der Waals surface area contributed by atoms with Crippen molar-refractivity contribution in [1.82, 2.24) is 10.2 Å². The van der Waals surface area contributed by atoms with Crippen LogP contribution in [0.3, 0.4) is 0 Å². The molecule has 0 spiro atoms. The molecule has 0 saturated carbocycles. The molecule has 2 amide bonds. The fraction of sp³-hybridized carbons (Fsp3) is 0.423. The lowest BCUT2D eigenvalue weighted by atomic mass is 9.99. The molecule has 192 valence electrons. The van der Waals surface area contributed by atoms with Gasteiger partial charge in [-0.2, -0.15) is 0 Å². The second-order valence-electron chi connectivity index (χ2n) is 7.79. The van der Waals surface area contributed by atoms with E-state index in [4.69, 9.17) is 5.73 Å². The van der Waals surface area contributed by atoms with Crippen LogP contribution in [0.4, 0.5) is 13.2 Å². The van der Waals surface area contributed by atoms with Crippen molar-refractivity contribution >= 4 is 17.8 Å². The summed E-state index contributed by atoms with van der Waals surface area (Å²) in [6, 6.07) is 6.38. The van der Waals surface area contributed by atoms with Gasteiger partial charge in [-0.3, -0.25) is 14.5 Å². The van der Waals surface area contributed by atoms with Crippen LogP contribution in [0.25, 0.3) is 0 Å². The van der Waals surface area contributed by atoms with Gasteiger partial charge in [-0.05, 0) is 47.4 Å². The third-order valence-electron chi connectivity index (χ3n) is 4.96. The van der Waals surface area contributed by atoms with Crippen molar-refractivity contribution in [2.24, 2.45) is 16.6 Å². The third-order valence-corrected chi connectivity index (χ3v) is 4.96. The number of carbonyl (C=O) groups is 2. The normalized spacial score (nSPS) is 14.9. The number of nitrogens with two attached hydrogens (primary N) is 1. The summed E-state index contributed by atoms with van der Waals surface area (Å²) in [7, 11) is 0. The topological polar surface area (TPSA) is 87.8 Å². The molecule has 0 aliphatic carbocycles. The minimum atomic E-state index is -0.762. The maximum atomic E-state index is 14.1. The largest absolute Gasteiger partial charge is 0.369 e. The van der Waals surface area contributed by atoms with Gasteiger partial charge in [0.15, 0.2) is 5.96 Å². The first-order valence-electron chi connectivity index (χ1n) is 11.8. The van der Waals surface area contributed by atoms with Gasteiger partial charge >= 0.3 is 0 Å². The van der Waals surface area contributed by atoms with Crippen molar-refractivity contribution < 1.29 is 22.8 Å². The zero-order valence-electron chi connectivity index (χ0n) is 21.2. The lowest BCUT2D eigenvalue weighted by Crippen LogP contribution is -2.47. The van der Waals surface area contributed by atoms with E-state index in [0.29, 0.717) is 5.56 Å². The monoisotopic (exact) mass is 492 g/mol. The standard InChI is InChI=1S/C22H23F3N4O2.2C2H6/c1-12(2)19-9-20(30)29(22(26)28-19)11-14-3-15(7-16(23)6-14)21(31)27-10-13-4-17(24)8-18(25)5-13;2*1-2/h3-8,12,19H,9-11H2,1-2H3,(H2,26,28)(H,27,31);2*1-2H3. The Morgan fingerprint density at radius 3 is 2.09 bits per heavy atom. The number of halogens is 3. The Kier molecular flexibility index (Phi) is 12.0. The van der Waals surface area contributed by atoms with Crippen LogP contribution in [-0.4, -0.2) is 28.7 Å². The number of hydrogen-bond acceptors (Lipinski definition) is 4. The minimum absolute atomic E-state index is 0.00639. The zero-order chi connectivity index (χ0) is 26.7. The Morgan fingerprint density at radius 1 is 1.00 bits per heavy atom. The highest BCUT2D eigenvalue weighted by Crippen LogP contribution is 2.20. The van der Waals surface area contributed by atoms with Crippen LogP contribution >= 0.6 is 0 Å². The molecule has 3 N–H and O–H groups in total. The Labute approximate surface area is 205 Å². The van der Waals surface area contributed by atoms with Crippen LogP contribution < -0.4 is 11.1 Å². The quantitative estimate of drug-likeness (QED) is 0.584. The van der Waals surface area contributed by atoms with E-state index in [1.54, 1.807) is 0 Å². The molecule has 1 heterocycles. The van der Waals surface area contributed by atoms with Crippen molar-refractivity contribution in [2.75, 3.05) is 0 Å². The predicted molar refractivity (Wildman–Crippen MR) is 132 cm³/mol. The van der Waals surface area contributed by atoms with Crippen LogP contribution in [0.15, 0.2) is 41.4 Å². The van der Waals surface area contributed by atoms with Gasteiger partial charge in [0.25, 0.3) is 5.91 Å². The molecule has 2 aromatic rings. The summed E-state index contributed by atoms with van der Waals surface area (Å²) in [6.45, 7) is 11.7. The van der Waals surface area contributed by atoms with Crippen LogP contribution in [0.5, 0.6) is 0 Å². The molecular formula is C26H35F3N4O2. The zero-order valence-corrected chi connectivity index (χ0v) is 21.2. The van der Waals surface area contributed by atoms with E-state index in [9.17, 15) is 22.8 Å². The first-order valence-corrected chi connectivity index (χ1v) is 11.8. The third kappa shape index (κ3) is 8.73. The molecule has 0 radical (unpaired) electrons. The number of hydrogen-bond donors (Lipinski definition) is 2. The van der Waals surface area contributed by atoms with E-state index < -0.39 is 23.4 Å². The smallest absolute Gasteiger partial charge is 0.251 e. The van der Waals surface area contributed by atoms with Crippen molar-refractivity contribution in [3.63, 3.8) is 0 Å². The van der Waals surface area contributed by atoms with Crippen LogP contribution in [0.2, 0.25) is 0 Å². The summed E-state index contributed by atoms with van der Waals surface area (Å²) >= 11 is 0. The van der Waals surface area contributed by atoms with Gasteiger partial charge in [0, 0.05) is 18.2 Å². The second kappa shape index (κ2) is 14.1. The minimum Gasteiger partial charge on any atom is -0.369 e. The lowest BCUT2D eigenvalue weighted by Gasteiger charge is -2.30. The highest BCUT2D eigenvalue weighted by atomic mass is 19.1. The first kappa shape index (κ1) is 29.7. The van der Waals surface area contributed by atoms with Gasteiger partial charge in [-0.15, -0.1) is 0 Å². The summed E-state index contributed by atoms with van der Waals surface area (Å²) in [5, 5.41) is 2.50. The van der Waals surface area contributed by atoms with Crippen LogP contribution in [0.1, 0.15) is 69.4 Å². The maximum Gasteiger partial charge on any atom is 0.251 e. The van der Waals surface area contributed by atoms with E-state index >= 15 is 0 Å². The second-order valence-corrected chi connectivity index (χ2v) is 7.79. The number of nitrogens with zero attached hydrogens (tertiary/aromatic N) is 2. The van der Waals surface area contributed by atoms with Gasteiger partial charge in [0.05, 0.1) is 19.0 Å². The molecular weight excluding hydrogens is 457 g/mol. The number of benzene rings is 2. The van der Waals surface area contributed by atoms with Crippen molar-refractivity contribution in [3.05, 3.63) is 70.5 Å². The number of nitrogens with one attached hydrogen (secondary N) is 1. The van der Waals surface area contributed by atoms with Gasteiger partial charge < -0.3 is 11.1 Å². The lowest BCUT2D eigenvalue weighted by molar-refractivity contribution is -0.129. The summed E-state index contributed by atoms with van der Waals surface area (Å²) < 4.78 is 40.7. The fourth-order valence-corrected chi connectivity index (χ4v) is 3.31. The van der Waals surface area contributed by atoms with Crippen LogP contribution in [0, 0.1) is 23.4 Å². The number of rotatable bonds is 6. The molecule has 1 atom stereocenters. The summed E-state index contributed by atoms with van der Waals surface area (Å²) in [5.41, 5.74) is 6.53. The van der Waals surface area contributed by atoms with Gasteiger partial charge in [0.2, 0.25) is 5.91 Å². The Morgan fingerprint density at radius 2 is 1.54 bits per heavy atom. The van der Waals surface area contributed by atoms with E-state index in [0.717, 1.165) is 24.3 Å². The maximum absolute atomic E-state index is 14.1. The summed E-state index contributed by atoms with van der Waals surface area (Å²) in [5.74, 6) is -2.84. The Balaban J connectivity index is 0.00000145. The molecule has 0 aromatic heterocycles. The van der Waals surface area contributed by atoms with E-state index in [2.05, 4.69) is 10.3 Å². The molecule has 9 heteroatoms. The van der Waals surface area contributed by atoms with Gasteiger partial charge in [0.1, 0.15) is 17.5 Å². The van der Waals surface area contributed by atoms with Crippen molar-refractivity contribution in [3.8, 4) is 0 Å². The van der Waals surface area contributed by atoms with Crippen LogP contribution in [-0.2, 0) is 17.9 Å². The Bertz CT molecular complexity index is 1020. The Hall–Kier alpha value is -3.36. The average molecular weight is 493 g/mol.